The van der Waals surface area contributed by atoms with E-state index in [1.165, 1.54) is 6.92 Å². The molecule has 5 nitrogen and oxygen atoms in total. The largest absolute Gasteiger partial charge is 0.324 e. The van der Waals surface area contributed by atoms with E-state index in [1.807, 2.05) is 19.1 Å². The highest BCUT2D eigenvalue weighted by Crippen LogP contribution is 2.25. The minimum absolute atomic E-state index is 0.371. The molecule has 1 amide bonds. The van der Waals surface area contributed by atoms with Crippen LogP contribution < -0.4 is 9.62 Å². The second-order valence-electron chi connectivity index (χ2n) is 5.90. The molecule has 0 aromatic heterocycles. The van der Waals surface area contributed by atoms with Crippen molar-refractivity contribution in [3.63, 3.8) is 0 Å². The molecule has 1 atom stereocenters. The van der Waals surface area contributed by atoms with Crippen molar-refractivity contribution < 1.29 is 13.2 Å². The monoisotopic (exact) mass is 414 g/mol. The summed E-state index contributed by atoms with van der Waals surface area (Å²) in [5.74, 6) is -0.492. The molecule has 0 radical (unpaired) electrons. The van der Waals surface area contributed by atoms with Gasteiger partial charge < -0.3 is 5.32 Å². The number of anilines is 2. The van der Waals surface area contributed by atoms with Gasteiger partial charge in [0.15, 0.2) is 0 Å². The van der Waals surface area contributed by atoms with Gasteiger partial charge in [0.2, 0.25) is 15.9 Å². The Morgan fingerprint density at radius 2 is 1.65 bits per heavy atom. The van der Waals surface area contributed by atoms with Gasteiger partial charge in [-0.2, -0.15) is 0 Å². The molecule has 0 heterocycles. The fourth-order valence-electron chi connectivity index (χ4n) is 2.56. The van der Waals surface area contributed by atoms with E-state index in [0.29, 0.717) is 21.4 Å². The number of nitrogens with one attached hydrogen (secondary N) is 1. The average molecular weight is 415 g/mol. The zero-order valence-electron chi connectivity index (χ0n) is 14.7. The Morgan fingerprint density at radius 1 is 1.12 bits per heavy atom. The van der Waals surface area contributed by atoms with Crippen molar-refractivity contribution in [2.45, 2.75) is 26.3 Å². The zero-order valence-corrected chi connectivity index (χ0v) is 17.0. The van der Waals surface area contributed by atoms with Crippen LogP contribution in [0.15, 0.2) is 42.5 Å². The van der Waals surface area contributed by atoms with Crippen LogP contribution in [0, 0.1) is 0 Å². The number of carbonyl (C=O) groups is 1. The highest BCUT2D eigenvalue weighted by molar-refractivity contribution is 7.92. The topological polar surface area (TPSA) is 66.5 Å². The molecule has 0 aliphatic carbocycles. The molecule has 2 aromatic rings. The number of halogens is 2. The molecule has 1 N–H and O–H groups in total. The van der Waals surface area contributed by atoms with Crippen LogP contribution in [0.2, 0.25) is 10.0 Å². The van der Waals surface area contributed by atoms with Gasteiger partial charge >= 0.3 is 0 Å². The predicted octanol–water partition coefficient (Wildman–Crippen LogP) is 4.35. The third-order valence-corrected chi connectivity index (χ3v) is 5.50. The first-order valence-corrected chi connectivity index (χ1v) is 10.6. The van der Waals surface area contributed by atoms with Crippen molar-refractivity contribution in [2.24, 2.45) is 0 Å². The number of amides is 1. The Kier molecular flexibility index (Phi) is 6.55. The molecular formula is C18H20Cl2N2O3S. The van der Waals surface area contributed by atoms with Crippen LogP contribution in [0.25, 0.3) is 0 Å². The normalized spacial score (nSPS) is 12.5. The van der Waals surface area contributed by atoms with Crippen LogP contribution in [0.5, 0.6) is 0 Å². The summed E-state index contributed by atoms with van der Waals surface area (Å²) in [5.41, 5.74) is 1.90. The molecule has 26 heavy (non-hydrogen) atoms. The van der Waals surface area contributed by atoms with E-state index in [1.54, 1.807) is 30.3 Å². The van der Waals surface area contributed by atoms with Gasteiger partial charge in [0.1, 0.15) is 6.04 Å². The molecule has 0 saturated heterocycles. The molecular weight excluding hydrogens is 395 g/mol. The summed E-state index contributed by atoms with van der Waals surface area (Å²) < 4.78 is 25.7. The van der Waals surface area contributed by atoms with Gasteiger partial charge in [-0.15, -0.1) is 0 Å². The lowest BCUT2D eigenvalue weighted by Gasteiger charge is -2.28. The van der Waals surface area contributed by atoms with E-state index in [0.717, 1.165) is 22.5 Å². The first-order valence-electron chi connectivity index (χ1n) is 7.97. The number of rotatable bonds is 6. The van der Waals surface area contributed by atoms with Gasteiger partial charge in [0.05, 0.1) is 11.9 Å². The Bertz CT molecular complexity index is 879. The minimum Gasteiger partial charge on any atom is -0.324 e. The third-order valence-electron chi connectivity index (χ3n) is 3.82. The lowest BCUT2D eigenvalue weighted by atomic mass is 10.1. The predicted molar refractivity (Wildman–Crippen MR) is 108 cm³/mol. The third kappa shape index (κ3) is 5.13. The van der Waals surface area contributed by atoms with Gasteiger partial charge in [-0.25, -0.2) is 8.42 Å². The summed E-state index contributed by atoms with van der Waals surface area (Å²) in [5, 5.41) is 3.40. The maximum Gasteiger partial charge on any atom is 0.247 e. The highest BCUT2D eigenvalue weighted by Gasteiger charge is 2.29. The summed E-state index contributed by atoms with van der Waals surface area (Å²) in [6.45, 7) is 3.53. The molecule has 0 aliphatic rings. The summed E-state index contributed by atoms with van der Waals surface area (Å²) in [6, 6.07) is 10.7. The van der Waals surface area contributed by atoms with E-state index >= 15 is 0 Å². The Morgan fingerprint density at radius 3 is 2.12 bits per heavy atom. The van der Waals surface area contributed by atoms with Gasteiger partial charge in [-0.05, 0) is 49.2 Å². The lowest BCUT2D eigenvalue weighted by Crippen LogP contribution is -2.45. The second-order valence-corrected chi connectivity index (χ2v) is 8.63. The van der Waals surface area contributed by atoms with Gasteiger partial charge in [0, 0.05) is 15.7 Å². The molecule has 0 fully saturated rings. The number of benzene rings is 2. The van der Waals surface area contributed by atoms with Gasteiger partial charge in [-0.3, -0.25) is 9.10 Å². The lowest BCUT2D eigenvalue weighted by molar-refractivity contribution is -0.116. The number of carbonyl (C=O) groups excluding carboxylic acids is 1. The number of hydrogen-bond acceptors (Lipinski definition) is 3. The van der Waals surface area contributed by atoms with E-state index in [9.17, 15) is 13.2 Å². The van der Waals surface area contributed by atoms with Crippen molar-refractivity contribution >= 4 is 50.5 Å². The first kappa shape index (κ1) is 20.6. The zero-order chi connectivity index (χ0) is 19.5. The van der Waals surface area contributed by atoms with E-state index in [-0.39, 0.29) is 0 Å². The molecule has 1 unspecified atom stereocenters. The van der Waals surface area contributed by atoms with Crippen molar-refractivity contribution in [3.8, 4) is 0 Å². The van der Waals surface area contributed by atoms with Gasteiger partial charge in [0.25, 0.3) is 0 Å². The molecule has 8 heteroatoms. The Balaban J connectivity index is 2.30. The quantitative estimate of drug-likeness (QED) is 0.763. The van der Waals surface area contributed by atoms with E-state index < -0.39 is 22.0 Å². The van der Waals surface area contributed by atoms with Crippen LogP contribution in [0.1, 0.15) is 19.4 Å². The number of sulfonamides is 1. The molecule has 0 aliphatic heterocycles. The maximum atomic E-state index is 12.6. The van der Waals surface area contributed by atoms with E-state index in [2.05, 4.69) is 5.32 Å². The van der Waals surface area contributed by atoms with Crippen molar-refractivity contribution in [3.05, 3.63) is 58.1 Å². The molecule has 0 spiro atoms. The average Bonchev–Trinajstić information content (AvgIpc) is 2.53. The van der Waals surface area contributed by atoms with Crippen LogP contribution in [0.3, 0.4) is 0 Å². The van der Waals surface area contributed by atoms with Crippen LogP contribution >= 0.6 is 23.2 Å². The van der Waals surface area contributed by atoms with Crippen LogP contribution in [-0.4, -0.2) is 26.6 Å². The number of aryl methyl sites for hydroxylation is 1. The van der Waals surface area contributed by atoms with Crippen LogP contribution in [-0.2, 0) is 21.2 Å². The second kappa shape index (κ2) is 8.29. The molecule has 2 aromatic carbocycles. The molecule has 0 saturated carbocycles. The van der Waals surface area contributed by atoms with E-state index in [4.69, 9.17) is 23.2 Å². The molecule has 140 valence electrons. The Hall–Kier alpha value is -1.76. The smallest absolute Gasteiger partial charge is 0.247 e. The fourth-order valence-corrected chi connectivity index (χ4v) is 4.26. The summed E-state index contributed by atoms with van der Waals surface area (Å²) in [4.78, 5) is 12.6. The number of nitrogens with zero attached hydrogens (tertiary/aromatic N) is 1. The van der Waals surface area contributed by atoms with Gasteiger partial charge in [-0.1, -0.05) is 42.3 Å². The SMILES string of the molecule is CCc1ccc(N(C(C)C(=O)Nc2cc(Cl)cc(Cl)c2)S(C)(=O)=O)cc1. The summed E-state index contributed by atoms with van der Waals surface area (Å²) in [6.07, 6.45) is 1.91. The minimum atomic E-state index is -3.67. The van der Waals surface area contributed by atoms with Crippen molar-refractivity contribution in [1.82, 2.24) is 0 Å². The maximum absolute atomic E-state index is 12.6. The number of hydrogen-bond donors (Lipinski definition) is 1. The van der Waals surface area contributed by atoms with Crippen LogP contribution in [0.4, 0.5) is 11.4 Å². The van der Waals surface area contributed by atoms with Crippen molar-refractivity contribution in [2.75, 3.05) is 15.9 Å². The first-order chi connectivity index (χ1) is 12.1. The molecule has 2 rings (SSSR count). The standard InChI is InChI=1S/C18H20Cl2N2O3S/c1-4-13-5-7-17(8-6-13)22(26(3,24)25)12(2)18(23)21-16-10-14(19)9-15(20)11-16/h5-12H,4H2,1-3H3,(H,21,23). The highest BCUT2D eigenvalue weighted by atomic mass is 35.5. The molecule has 0 bridgehead atoms. The van der Waals surface area contributed by atoms with Crippen molar-refractivity contribution in [1.29, 1.82) is 0 Å². The summed E-state index contributed by atoms with van der Waals surface area (Å²) >= 11 is 11.9. The Labute approximate surface area is 164 Å². The summed E-state index contributed by atoms with van der Waals surface area (Å²) in [7, 11) is -3.67. The fraction of sp³-hybridized carbons (Fsp3) is 0.278.